The molecule has 1 aromatic rings. The Kier molecular flexibility index (Phi) is 2.60. The molecule has 0 radical (unpaired) electrons. The van der Waals surface area contributed by atoms with E-state index in [1.165, 1.54) is 56.3 Å². The number of piperidine rings is 1. The Morgan fingerprint density at radius 1 is 1.12 bits per heavy atom. The van der Waals surface area contributed by atoms with E-state index >= 15 is 0 Å². The Labute approximate surface area is 97.4 Å². The van der Waals surface area contributed by atoms with E-state index in [9.17, 15) is 0 Å². The number of aryl methyl sites for hydroxylation is 1. The first kappa shape index (κ1) is 10.2. The SMILES string of the molecule is Nc1cccc2c1C(N1CCCCC1)CC2. The molecule has 2 nitrogen and oxygen atoms in total. The average molecular weight is 216 g/mol. The van der Waals surface area contributed by atoms with Gasteiger partial charge in [-0.25, -0.2) is 0 Å². The maximum Gasteiger partial charge on any atom is 0.0374 e. The molecule has 0 saturated carbocycles. The molecule has 1 fully saturated rings. The first-order valence-corrected chi connectivity index (χ1v) is 6.47. The maximum absolute atomic E-state index is 6.14. The Bertz CT molecular complexity index is 380. The van der Waals surface area contributed by atoms with Crippen LogP contribution in [0.25, 0.3) is 0 Å². The van der Waals surface area contributed by atoms with Crippen LogP contribution in [0.3, 0.4) is 0 Å². The molecule has 86 valence electrons. The zero-order chi connectivity index (χ0) is 11.0. The maximum atomic E-state index is 6.14. The van der Waals surface area contributed by atoms with E-state index in [2.05, 4.69) is 23.1 Å². The molecule has 1 aromatic carbocycles. The Balaban J connectivity index is 1.89. The van der Waals surface area contributed by atoms with Crippen molar-refractivity contribution in [3.8, 4) is 0 Å². The van der Waals surface area contributed by atoms with Crippen molar-refractivity contribution in [2.75, 3.05) is 18.8 Å². The first-order chi connectivity index (χ1) is 7.86. The summed E-state index contributed by atoms with van der Waals surface area (Å²) in [5.74, 6) is 0. The highest BCUT2D eigenvalue weighted by molar-refractivity contribution is 5.54. The van der Waals surface area contributed by atoms with Crippen LogP contribution in [0.2, 0.25) is 0 Å². The standard InChI is InChI=1S/C14H20N2/c15-12-6-4-5-11-7-8-13(14(11)12)16-9-2-1-3-10-16/h4-6,13H,1-3,7-10,15H2. The highest BCUT2D eigenvalue weighted by atomic mass is 15.2. The van der Waals surface area contributed by atoms with Crippen molar-refractivity contribution in [3.63, 3.8) is 0 Å². The third-order valence-corrected chi connectivity index (χ3v) is 4.08. The molecule has 1 aliphatic heterocycles. The number of nitrogens with two attached hydrogens (primary N) is 1. The molecule has 2 N–H and O–H groups in total. The lowest BCUT2D eigenvalue weighted by Gasteiger charge is -2.33. The molecule has 1 atom stereocenters. The lowest BCUT2D eigenvalue weighted by Crippen LogP contribution is -2.33. The molecule has 1 unspecified atom stereocenters. The predicted molar refractivity (Wildman–Crippen MR) is 67.3 cm³/mol. The van der Waals surface area contributed by atoms with Gasteiger partial charge in [-0.3, -0.25) is 4.90 Å². The van der Waals surface area contributed by atoms with E-state index in [-0.39, 0.29) is 0 Å². The van der Waals surface area contributed by atoms with Crippen LogP contribution in [-0.2, 0) is 6.42 Å². The summed E-state index contributed by atoms with van der Waals surface area (Å²) in [5, 5.41) is 0. The number of anilines is 1. The lowest BCUT2D eigenvalue weighted by atomic mass is 10.0. The minimum atomic E-state index is 0.608. The van der Waals surface area contributed by atoms with Gasteiger partial charge in [-0.15, -0.1) is 0 Å². The largest absolute Gasteiger partial charge is 0.398 e. The number of nitrogen functional groups attached to an aromatic ring is 1. The normalized spacial score (nSPS) is 25.6. The molecule has 0 spiro atoms. The molecular formula is C14H20N2. The van der Waals surface area contributed by atoms with Gasteiger partial charge in [-0.1, -0.05) is 18.6 Å². The topological polar surface area (TPSA) is 29.3 Å². The lowest BCUT2D eigenvalue weighted by molar-refractivity contribution is 0.164. The van der Waals surface area contributed by atoms with Gasteiger partial charge < -0.3 is 5.73 Å². The van der Waals surface area contributed by atoms with Gasteiger partial charge in [0.2, 0.25) is 0 Å². The fourth-order valence-corrected chi connectivity index (χ4v) is 3.29. The van der Waals surface area contributed by atoms with Crippen LogP contribution < -0.4 is 5.73 Å². The molecule has 2 aliphatic rings. The number of fused-ring (bicyclic) bond motifs is 1. The number of hydrogen-bond acceptors (Lipinski definition) is 2. The van der Waals surface area contributed by atoms with Crippen molar-refractivity contribution in [2.24, 2.45) is 0 Å². The molecule has 0 amide bonds. The minimum Gasteiger partial charge on any atom is -0.398 e. The molecule has 1 heterocycles. The van der Waals surface area contributed by atoms with Gasteiger partial charge in [0.25, 0.3) is 0 Å². The second-order valence-corrected chi connectivity index (χ2v) is 5.07. The first-order valence-electron chi connectivity index (χ1n) is 6.47. The van der Waals surface area contributed by atoms with Crippen molar-refractivity contribution in [1.29, 1.82) is 0 Å². The zero-order valence-corrected chi connectivity index (χ0v) is 9.78. The van der Waals surface area contributed by atoms with E-state index in [1.54, 1.807) is 0 Å². The van der Waals surface area contributed by atoms with E-state index < -0.39 is 0 Å². The third kappa shape index (κ3) is 1.61. The van der Waals surface area contributed by atoms with Crippen LogP contribution in [0.5, 0.6) is 0 Å². The average Bonchev–Trinajstić information content (AvgIpc) is 2.75. The van der Waals surface area contributed by atoms with Crippen molar-refractivity contribution < 1.29 is 0 Å². The summed E-state index contributed by atoms with van der Waals surface area (Å²) in [4.78, 5) is 2.64. The van der Waals surface area contributed by atoms with Gasteiger partial charge in [-0.05, 0) is 56.0 Å². The Hall–Kier alpha value is -1.02. The monoisotopic (exact) mass is 216 g/mol. The number of rotatable bonds is 1. The van der Waals surface area contributed by atoms with Gasteiger partial charge in [0.05, 0.1) is 0 Å². The fourth-order valence-electron chi connectivity index (χ4n) is 3.29. The summed E-state index contributed by atoms with van der Waals surface area (Å²) in [6.07, 6.45) is 6.60. The van der Waals surface area contributed by atoms with Crippen LogP contribution >= 0.6 is 0 Å². The highest BCUT2D eigenvalue weighted by Crippen LogP contribution is 2.40. The van der Waals surface area contributed by atoms with Crippen LogP contribution in [0.4, 0.5) is 5.69 Å². The van der Waals surface area contributed by atoms with Crippen molar-refractivity contribution in [3.05, 3.63) is 29.3 Å². The zero-order valence-electron chi connectivity index (χ0n) is 9.78. The highest BCUT2D eigenvalue weighted by Gasteiger charge is 2.29. The van der Waals surface area contributed by atoms with Crippen LogP contribution in [0, 0.1) is 0 Å². The van der Waals surface area contributed by atoms with Crippen molar-refractivity contribution >= 4 is 5.69 Å². The Morgan fingerprint density at radius 2 is 1.94 bits per heavy atom. The van der Waals surface area contributed by atoms with Crippen molar-refractivity contribution in [2.45, 2.75) is 38.1 Å². The third-order valence-electron chi connectivity index (χ3n) is 4.08. The van der Waals surface area contributed by atoms with Crippen LogP contribution in [0.1, 0.15) is 42.9 Å². The molecule has 0 bridgehead atoms. The second-order valence-electron chi connectivity index (χ2n) is 5.07. The molecule has 2 heteroatoms. The van der Waals surface area contributed by atoms with Gasteiger partial charge >= 0.3 is 0 Å². The van der Waals surface area contributed by atoms with Gasteiger partial charge in [-0.2, -0.15) is 0 Å². The molecular weight excluding hydrogens is 196 g/mol. The molecule has 1 saturated heterocycles. The van der Waals surface area contributed by atoms with E-state index in [0.29, 0.717) is 6.04 Å². The number of hydrogen-bond donors (Lipinski definition) is 1. The molecule has 0 aromatic heterocycles. The van der Waals surface area contributed by atoms with Gasteiger partial charge in [0.15, 0.2) is 0 Å². The van der Waals surface area contributed by atoms with Crippen molar-refractivity contribution in [1.82, 2.24) is 4.90 Å². The summed E-state index contributed by atoms with van der Waals surface area (Å²) in [6, 6.07) is 7.00. The van der Waals surface area contributed by atoms with E-state index in [0.717, 1.165) is 5.69 Å². The predicted octanol–water partition coefficient (Wildman–Crippen LogP) is 2.74. The summed E-state index contributed by atoms with van der Waals surface area (Å²) < 4.78 is 0. The van der Waals surface area contributed by atoms with Crippen LogP contribution in [0.15, 0.2) is 18.2 Å². The number of likely N-dealkylation sites (tertiary alicyclic amines) is 1. The molecule has 1 aliphatic carbocycles. The quantitative estimate of drug-likeness (QED) is 0.731. The summed E-state index contributed by atoms with van der Waals surface area (Å²) >= 11 is 0. The van der Waals surface area contributed by atoms with E-state index in [1.807, 2.05) is 0 Å². The van der Waals surface area contributed by atoms with Gasteiger partial charge in [0.1, 0.15) is 0 Å². The summed E-state index contributed by atoms with van der Waals surface area (Å²) in [6.45, 7) is 2.52. The molecule has 3 rings (SSSR count). The second kappa shape index (κ2) is 4.10. The van der Waals surface area contributed by atoms with E-state index in [4.69, 9.17) is 5.73 Å². The minimum absolute atomic E-state index is 0.608. The summed E-state index contributed by atoms with van der Waals surface area (Å²) in [7, 11) is 0. The fraction of sp³-hybridized carbons (Fsp3) is 0.571. The number of benzene rings is 1. The van der Waals surface area contributed by atoms with Crippen LogP contribution in [-0.4, -0.2) is 18.0 Å². The Morgan fingerprint density at radius 3 is 2.75 bits per heavy atom. The summed E-state index contributed by atoms with van der Waals surface area (Å²) in [5.41, 5.74) is 10.1. The smallest absolute Gasteiger partial charge is 0.0374 e. The molecule has 16 heavy (non-hydrogen) atoms. The number of nitrogens with zero attached hydrogens (tertiary/aromatic N) is 1. The van der Waals surface area contributed by atoms with Gasteiger partial charge in [0, 0.05) is 11.7 Å².